The predicted molar refractivity (Wildman–Crippen MR) is 122 cm³/mol. The number of carbonyl (C=O) groups is 2. The SMILES string of the molecule is O=C(CCC(=O)N1CCC(c2ccccc2)=N1)Nc1ccc(N2CCOCC2)cc1C(F)(F)F. The van der Waals surface area contributed by atoms with Crippen LogP contribution in [0.5, 0.6) is 0 Å². The van der Waals surface area contributed by atoms with Crippen LogP contribution in [0.4, 0.5) is 24.5 Å². The molecular formula is C24H25F3N4O3. The Morgan fingerprint density at radius 2 is 1.74 bits per heavy atom. The number of ether oxygens (including phenoxy) is 1. The number of amides is 2. The lowest BCUT2D eigenvalue weighted by Gasteiger charge is -2.29. The first-order valence-electron chi connectivity index (χ1n) is 11.1. The average molecular weight is 474 g/mol. The van der Waals surface area contributed by atoms with E-state index in [0.29, 0.717) is 45.0 Å². The molecule has 2 aliphatic rings. The minimum absolute atomic E-state index is 0.148. The Labute approximate surface area is 195 Å². The van der Waals surface area contributed by atoms with Gasteiger partial charge < -0.3 is 15.0 Å². The zero-order valence-corrected chi connectivity index (χ0v) is 18.5. The van der Waals surface area contributed by atoms with Gasteiger partial charge in [-0.15, -0.1) is 0 Å². The monoisotopic (exact) mass is 474 g/mol. The maximum absolute atomic E-state index is 13.7. The van der Waals surface area contributed by atoms with Crippen LogP contribution in [0.15, 0.2) is 53.6 Å². The Bertz CT molecular complexity index is 1070. The summed E-state index contributed by atoms with van der Waals surface area (Å²) in [7, 11) is 0. The number of morpholine rings is 1. The first kappa shape index (κ1) is 23.7. The van der Waals surface area contributed by atoms with Crippen molar-refractivity contribution < 1.29 is 27.5 Å². The average Bonchev–Trinajstić information content (AvgIpc) is 3.34. The van der Waals surface area contributed by atoms with Crippen molar-refractivity contribution >= 4 is 28.9 Å². The fourth-order valence-corrected chi connectivity index (χ4v) is 3.93. The van der Waals surface area contributed by atoms with Gasteiger partial charge in [0.2, 0.25) is 11.8 Å². The van der Waals surface area contributed by atoms with Crippen molar-refractivity contribution in [2.45, 2.75) is 25.4 Å². The fourth-order valence-electron chi connectivity index (χ4n) is 3.93. The highest BCUT2D eigenvalue weighted by atomic mass is 19.4. The molecule has 1 fully saturated rings. The number of hydrogen-bond donors (Lipinski definition) is 1. The summed E-state index contributed by atoms with van der Waals surface area (Å²) in [6.45, 7) is 2.29. The molecule has 1 N–H and O–H groups in total. The largest absolute Gasteiger partial charge is 0.418 e. The smallest absolute Gasteiger partial charge is 0.378 e. The molecule has 2 aromatic rings. The molecule has 0 aromatic heterocycles. The van der Waals surface area contributed by atoms with Gasteiger partial charge in [0, 0.05) is 38.0 Å². The number of nitrogens with one attached hydrogen (secondary N) is 1. The zero-order valence-electron chi connectivity index (χ0n) is 18.5. The lowest BCUT2D eigenvalue weighted by molar-refractivity contribution is -0.137. The van der Waals surface area contributed by atoms with Crippen molar-refractivity contribution in [3.63, 3.8) is 0 Å². The van der Waals surface area contributed by atoms with Gasteiger partial charge in [0.1, 0.15) is 0 Å². The van der Waals surface area contributed by atoms with Crippen molar-refractivity contribution in [2.75, 3.05) is 43.1 Å². The molecular weight excluding hydrogens is 449 g/mol. The second-order valence-electron chi connectivity index (χ2n) is 8.05. The van der Waals surface area contributed by atoms with Crippen LogP contribution in [0.3, 0.4) is 0 Å². The Morgan fingerprint density at radius 1 is 1.00 bits per heavy atom. The molecule has 4 rings (SSSR count). The minimum atomic E-state index is -4.64. The lowest BCUT2D eigenvalue weighted by atomic mass is 10.1. The fraction of sp³-hybridized carbons (Fsp3) is 0.375. The van der Waals surface area contributed by atoms with Crippen molar-refractivity contribution in [2.24, 2.45) is 5.10 Å². The number of halogens is 3. The quantitative estimate of drug-likeness (QED) is 0.689. The second kappa shape index (κ2) is 10.3. The molecule has 0 radical (unpaired) electrons. The normalized spacial score (nSPS) is 16.4. The summed E-state index contributed by atoms with van der Waals surface area (Å²) in [4.78, 5) is 26.6. The summed E-state index contributed by atoms with van der Waals surface area (Å²) in [6.07, 6.45) is -4.43. The van der Waals surface area contributed by atoms with E-state index in [1.807, 2.05) is 35.2 Å². The van der Waals surface area contributed by atoms with E-state index >= 15 is 0 Å². The van der Waals surface area contributed by atoms with Crippen LogP contribution < -0.4 is 10.2 Å². The van der Waals surface area contributed by atoms with E-state index in [-0.39, 0.29) is 24.4 Å². The maximum Gasteiger partial charge on any atom is 0.418 e. The van der Waals surface area contributed by atoms with E-state index in [0.717, 1.165) is 17.3 Å². The van der Waals surface area contributed by atoms with Gasteiger partial charge in [-0.1, -0.05) is 30.3 Å². The van der Waals surface area contributed by atoms with Gasteiger partial charge in [-0.05, 0) is 23.8 Å². The highest BCUT2D eigenvalue weighted by Gasteiger charge is 2.35. The van der Waals surface area contributed by atoms with Crippen LogP contribution in [0.1, 0.15) is 30.4 Å². The number of rotatable bonds is 6. The molecule has 2 heterocycles. The van der Waals surface area contributed by atoms with Crippen LogP contribution in [0, 0.1) is 0 Å². The van der Waals surface area contributed by atoms with Crippen LogP contribution in [0.25, 0.3) is 0 Å². The Kier molecular flexibility index (Phi) is 7.16. The van der Waals surface area contributed by atoms with Crippen molar-refractivity contribution in [1.82, 2.24) is 5.01 Å². The third-order valence-electron chi connectivity index (χ3n) is 5.72. The van der Waals surface area contributed by atoms with E-state index in [1.165, 1.54) is 11.1 Å². The van der Waals surface area contributed by atoms with Gasteiger partial charge in [0.05, 0.1) is 36.7 Å². The van der Waals surface area contributed by atoms with E-state index in [4.69, 9.17) is 4.74 Å². The Morgan fingerprint density at radius 3 is 2.44 bits per heavy atom. The van der Waals surface area contributed by atoms with Gasteiger partial charge in [0.25, 0.3) is 0 Å². The van der Waals surface area contributed by atoms with Gasteiger partial charge in [-0.2, -0.15) is 18.3 Å². The number of anilines is 2. The molecule has 2 aromatic carbocycles. The molecule has 0 bridgehead atoms. The van der Waals surface area contributed by atoms with E-state index in [2.05, 4.69) is 10.4 Å². The predicted octanol–water partition coefficient (Wildman–Crippen LogP) is 3.90. The number of nitrogens with zero attached hydrogens (tertiary/aromatic N) is 3. The van der Waals surface area contributed by atoms with Crippen LogP contribution in [0.2, 0.25) is 0 Å². The van der Waals surface area contributed by atoms with Gasteiger partial charge in [-0.3, -0.25) is 9.59 Å². The highest BCUT2D eigenvalue weighted by molar-refractivity contribution is 6.03. The van der Waals surface area contributed by atoms with Gasteiger partial charge in [-0.25, -0.2) is 5.01 Å². The standard InChI is InChI=1S/C24H25F3N4O3/c25-24(26,27)19-16-18(30-12-14-34-15-13-30)6-7-21(19)28-22(32)8-9-23(33)31-11-10-20(29-31)17-4-2-1-3-5-17/h1-7,16H,8-15H2,(H,28,32). The van der Waals surface area contributed by atoms with E-state index in [1.54, 1.807) is 6.07 Å². The van der Waals surface area contributed by atoms with Crippen molar-refractivity contribution in [3.05, 3.63) is 59.7 Å². The molecule has 0 saturated carbocycles. The number of alkyl halides is 3. The van der Waals surface area contributed by atoms with Gasteiger partial charge >= 0.3 is 6.18 Å². The molecule has 180 valence electrons. The molecule has 0 aliphatic carbocycles. The summed E-state index contributed by atoms with van der Waals surface area (Å²) >= 11 is 0. The number of hydrogen-bond acceptors (Lipinski definition) is 5. The minimum Gasteiger partial charge on any atom is -0.378 e. The molecule has 7 nitrogen and oxygen atoms in total. The molecule has 0 unspecified atom stereocenters. The van der Waals surface area contributed by atoms with Crippen LogP contribution >= 0.6 is 0 Å². The first-order valence-corrected chi connectivity index (χ1v) is 11.1. The van der Waals surface area contributed by atoms with Crippen molar-refractivity contribution in [3.8, 4) is 0 Å². The molecule has 0 atom stereocenters. The molecule has 2 amide bonds. The zero-order chi connectivity index (χ0) is 24.1. The summed E-state index contributed by atoms with van der Waals surface area (Å²) in [6, 6.07) is 13.3. The topological polar surface area (TPSA) is 74.2 Å². The van der Waals surface area contributed by atoms with E-state index in [9.17, 15) is 22.8 Å². The lowest BCUT2D eigenvalue weighted by Crippen LogP contribution is -2.36. The molecule has 2 aliphatic heterocycles. The summed E-state index contributed by atoms with van der Waals surface area (Å²) in [5.41, 5.74) is 0.884. The highest BCUT2D eigenvalue weighted by Crippen LogP contribution is 2.37. The number of benzene rings is 2. The molecule has 34 heavy (non-hydrogen) atoms. The third kappa shape index (κ3) is 5.74. The Balaban J connectivity index is 1.37. The number of carbonyl (C=O) groups excluding carboxylic acids is 2. The summed E-state index contributed by atoms with van der Waals surface area (Å²) in [5.74, 6) is -1.01. The van der Waals surface area contributed by atoms with Crippen molar-refractivity contribution in [1.29, 1.82) is 0 Å². The third-order valence-corrected chi connectivity index (χ3v) is 5.72. The molecule has 10 heteroatoms. The second-order valence-corrected chi connectivity index (χ2v) is 8.05. The molecule has 0 spiro atoms. The van der Waals surface area contributed by atoms with Crippen LogP contribution in [-0.4, -0.2) is 55.4 Å². The summed E-state index contributed by atoms with van der Waals surface area (Å²) < 4.78 is 46.3. The maximum atomic E-state index is 13.7. The first-order chi connectivity index (χ1) is 16.3. The molecule has 1 saturated heterocycles. The summed E-state index contributed by atoms with van der Waals surface area (Å²) in [5, 5.41) is 7.96. The van der Waals surface area contributed by atoms with Crippen LogP contribution in [-0.2, 0) is 20.5 Å². The van der Waals surface area contributed by atoms with E-state index < -0.39 is 17.6 Å². The Hall–Kier alpha value is -3.40. The number of hydrazone groups is 1. The van der Waals surface area contributed by atoms with Gasteiger partial charge in [0.15, 0.2) is 0 Å².